The van der Waals surface area contributed by atoms with Crippen molar-refractivity contribution in [1.82, 2.24) is 14.9 Å². The Hall–Kier alpha value is -1.69. The van der Waals surface area contributed by atoms with Crippen LogP contribution in [0.2, 0.25) is 0 Å². The minimum Gasteiger partial charge on any atom is -0.339 e. The molecule has 0 spiro atoms. The van der Waals surface area contributed by atoms with Crippen LogP contribution in [0.15, 0.2) is 18.5 Å². The Morgan fingerprint density at radius 2 is 1.82 bits per heavy atom. The Morgan fingerprint density at radius 3 is 2.50 bits per heavy atom. The first-order valence-electron chi connectivity index (χ1n) is 8.29. The van der Waals surface area contributed by atoms with Crippen molar-refractivity contribution in [2.75, 3.05) is 31.1 Å². The minimum atomic E-state index is 0.205. The standard InChI is InChI=1S/C16H25N5O/c17-14-5-2-1-4-13(14)12-15(22)20-8-10-21(11-9-20)16-18-6-3-7-19-16/h3,6-7,13-14H,1-2,4-5,8-12,17H2. The Kier molecular flexibility index (Phi) is 4.87. The summed E-state index contributed by atoms with van der Waals surface area (Å²) < 4.78 is 0. The molecule has 2 N–H and O–H groups in total. The van der Waals surface area contributed by atoms with Crippen LogP contribution in [0.4, 0.5) is 5.95 Å². The number of carbonyl (C=O) groups is 1. The molecule has 2 fully saturated rings. The van der Waals surface area contributed by atoms with Crippen LogP contribution in [-0.4, -0.2) is 53.0 Å². The van der Waals surface area contributed by atoms with E-state index in [0.717, 1.165) is 45.0 Å². The van der Waals surface area contributed by atoms with Crippen molar-refractivity contribution >= 4 is 11.9 Å². The number of nitrogens with two attached hydrogens (primary N) is 1. The number of nitrogens with zero attached hydrogens (tertiary/aromatic N) is 4. The van der Waals surface area contributed by atoms with Crippen molar-refractivity contribution in [1.29, 1.82) is 0 Å². The van der Waals surface area contributed by atoms with Crippen molar-refractivity contribution < 1.29 is 4.79 Å². The Bertz CT molecular complexity index is 487. The van der Waals surface area contributed by atoms with E-state index in [4.69, 9.17) is 5.73 Å². The zero-order valence-electron chi connectivity index (χ0n) is 13.0. The molecule has 1 saturated carbocycles. The van der Waals surface area contributed by atoms with Crippen LogP contribution < -0.4 is 10.6 Å². The van der Waals surface area contributed by atoms with E-state index >= 15 is 0 Å². The van der Waals surface area contributed by atoms with Crippen molar-refractivity contribution in [2.24, 2.45) is 11.7 Å². The molecule has 0 radical (unpaired) electrons. The van der Waals surface area contributed by atoms with Crippen molar-refractivity contribution in [2.45, 2.75) is 38.1 Å². The molecule has 3 rings (SSSR count). The van der Waals surface area contributed by atoms with Gasteiger partial charge in [0.1, 0.15) is 0 Å². The maximum Gasteiger partial charge on any atom is 0.225 e. The second kappa shape index (κ2) is 7.05. The number of piperazine rings is 1. The van der Waals surface area contributed by atoms with Crippen molar-refractivity contribution in [3.63, 3.8) is 0 Å². The molecule has 1 amide bonds. The quantitative estimate of drug-likeness (QED) is 0.903. The van der Waals surface area contributed by atoms with E-state index in [2.05, 4.69) is 14.9 Å². The number of anilines is 1. The van der Waals surface area contributed by atoms with Gasteiger partial charge in [-0.15, -0.1) is 0 Å². The van der Waals surface area contributed by atoms with Gasteiger partial charge in [0.05, 0.1) is 0 Å². The summed E-state index contributed by atoms with van der Waals surface area (Å²) in [6, 6.07) is 2.02. The molecule has 2 unspecified atom stereocenters. The van der Waals surface area contributed by atoms with Gasteiger partial charge < -0.3 is 15.5 Å². The number of carbonyl (C=O) groups excluding carboxylic acids is 1. The molecule has 6 heteroatoms. The van der Waals surface area contributed by atoms with Crippen molar-refractivity contribution in [3.8, 4) is 0 Å². The topological polar surface area (TPSA) is 75.4 Å². The Balaban J connectivity index is 1.49. The fourth-order valence-electron chi connectivity index (χ4n) is 3.45. The lowest BCUT2D eigenvalue weighted by molar-refractivity contribution is -0.132. The summed E-state index contributed by atoms with van der Waals surface area (Å²) in [5.41, 5.74) is 6.16. The van der Waals surface area contributed by atoms with Crippen LogP contribution in [0, 0.1) is 5.92 Å². The molecule has 2 aliphatic rings. The van der Waals surface area contributed by atoms with Crippen LogP contribution in [0.1, 0.15) is 32.1 Å². The first-order chi connectivity index (χ1) is 10.7. The van der Waals surface area contributed by atoms with Gasteiger partial charge in [-0.05, 0) is 24.8 Å². The van der Waals surface area contributed by atoms with E-state index in [1.807, 2.05) is 11.0 Å². The van der Waals surface area contributed by atoms with E-state index in [0.29, 0.717) is 12.3 Å². The average Bonchev–Trinajstić information content (AvgIpc) is 2.58. The third kappa shape index (κ3) is 3.55. The summed E-state index contributed by atoms with van der Waals surface area (Å²) in [4.78, 5) is 25.1. The zero-order chi connectivity index (χ0) is 15.4. The summed E-state index contributed by atoms with van der Waals surface area (Å²) in [6.45, 7) is 3.09. The molecule has 0 bridgehead atoms. The predicted molar refractivity (Wildman–Crippen MR) is 85.4 cm³/mol. The fourth-order valence-corrected chi connectivity index (χ4v) is 3.45. The van der Waals surface area contributed by atoms with Gasteiger partial charge >= 0.3 is 0 Å². The van der Waals surface area contributed by atoms with Crippen LogP contribution in [0.3, 0.4) is 0 Å². The molecule has 1 aromatic rings. The second-order valence-electron chi connectivity index (χ2n) is 6.33. The summed E-state index contributed by atoms with van der Waals surface area (Å²) in [5.74, 6) is 1.39. The molecule has 2 heterocycles. The molecule has 1 aliphatic carbocycles. The first kappa shape index (κ1) is 15.2. The molecule has 6 nitrogen and oxygen atoms in total. The normalized spacial score (nSPS) is 26.0. The lowest BCUT2D eigenvalue weighted by atomic mass is 9.82. The number of aromatic nitrogens is 2. The van der Waals surface area contributed by atoms with Gasteiger partial charge in [-0.2, -0.15) is 0 Å². The highest BCUT2D eigenvalue weighted by Crippen LogP contribution is 2.26. The number of rotatable bonds is 3. The Morgan fingerprint density at radius 1 is 1.14 bits per heavy atom. The molecule has 120 valence electrons. The van der Waals surface area contributed by atoms with E-state index in [9.17, 15) is 4.79 Å². The van der Waals surface area contributed by atoms with E-state index < -0.39 is 0 Å². The van der Waals surface area contributed by atoms with Crippen LogP contribution in [-0.2, 0) is 4.79 Å². The maximum absolute atomic E-state index is 12.5. The lowest BCUT2D eigenvalue weighted by Gasteiger charge is -2.36. The summed E-state index contributed by atoms with van der Waals surface area (Å²) >= 11 is 0. The minimum absolute atomic E-state index is 0.205. The molecular formula is C16H25N5O. The van der Waals surface area contributed by atoms with Crippen LogP contribution >= 0.6 is 0 Å². The molecule has 1 aromatic heterocycles. The first-order valence-corrected chi connectivity index (χ1v) is 8.29. The molecule has 2 atom stereocenters. The van der Waals surface area contributed by atoms with Gasteiger partial charge in [0, 0.05) is 51.0 Å². The fraction of sp³-hybridized carbons (Fsp3) is 0.688. The highest BCUT2D eigenvalue weighted by atomic mass is 16.2. The molecule has 22 heavy (non-hydrogen) atoms. The molecular weight excluding hydrogens is 278 g/mol. The lowest BCUT2D eigenvalue weighted by Crippen LogP contribution is -2.50. The van der Waals surface area contributed by atoms with Crippen LogP contribution in [0.25, 0.3) is 0 Å². The third-order valence-corrected chi connectivity index (χ3v) is 4.87. The van der Waals surface area contributed by atoms with Crippen molar-refractivity contribution in [3.05, 3.63) is 18.5 Å². The number of hydrogen-bond acceptors (Lipinski definition) is 5. The van der Waals surface area contributed by atoms with E-state index in [1.165, 1.54) is 12.8 Å². The molecule has 1 saturated heterocycles. The van der Waals surface area contributed by atoms with Gasteiger partial charge in [-0.25, -0.2) is 9.97 Å². The summed E-state index contributed by atoms with van der Waals surface area (Å²) in [5, 5.41) is 0. The SMILES string of the molecule is NC1CCCCC1CC(=O)N1CCN(c2ncccn2)CC1. The Labute approximate surface area is 131 Å². The number of amides is 1. The molecule has 0 aromatic carbocycles. The monoisotopic (exact) mass is 303 g/mol. The van der Waals surface area contributed by atoms with Crippen LogP contribution in [0.5, 0.6) is 0 Å². The van der Waals surface area contributed by atoms with Gasteiger partial charge in [0.25, 0.3) is 0 Å². The van der Waals surface area contributed by atoms with Gasteiger partial charge in [-0.3, -0.25) is 4.79 Å². The molecule has 1 aliphatic heterocycles. The zero-order valence-corrected chi connectivity index (χ0v) is 13.0. The summed E-state index contributed by atoms with van der Waals surface area (Å²) in [6.07, 6.45) is 8.71. The largest absolute Gasteiger partial charge is 0.339 e. The van der Waals surface area contributed by atoms with E-state index in [1.54, 1.807) is 12.4 Å². The highest BCUT2D eigenvalue weighted by molar-refractivity contribution is 5.76. The third-order valence-electron chi connectivity index (χ3n) is 4.87. The smallest absolute Gasteiger partial charge is 0.225 e. The van der Waals surface area contributed by atoms with Gasteiger partial charge in [0.2, 0.25) is 11.9 Å². The van der Waals surface area contributed by atoms with E-state index in [-0.39, 0.29) is 11.9 Å². The maximum atomic E-state index is 12.5. The predicted octanol–water partition coefficient (Wildman–Crippen LogP) is 1.03. The highest BCUT2D eigenvalue weighted by Gasteiger charge is 2.28. The number of hydrogen-bond donors (Lipinski definition) is 1. The van der Waals surface area contributed by atoms with Gasteiger partial charge in [0.15, 0.2) is 0 Å². The van der Waals surface area contributed by atoms with Gasteiger partial charge in [-0.1, -0.05) is 12.8 Å². The average molecular weight is 303 g/mol. The summed E-state index contributed by atoms with van der Waals surface area (Å²) in [7, 11) is 0. The second-order valence-corrected chi connectivity index (χ2v) is 6.33.